The minimum absolute atomic E-state index is 0.0824. The summed E-state index contributed by atoms with van der Waals surface area (Å²) in [6.45, 7) is 3.74. The Morgan fingerprint density at radius 2 is 1.73 bits per heavy atom. The number of carbonyl (C=O) groups excluding carboxylic acids is 2. The van der Waals surface area contributed by atoms with Gasteiger partial charge in [-0.15, -0.1) is 0 Å². The van der Waals surface area contributed by atoms with E-state index < -0.39 is 27.8 Å². The number of aromatic nitrogens is 1. The first-order valence-corrected chi connectivity index (χ1v) is 14.0. The second-order valence-corrected chi connectivity index (χ2v) is 11.1. The number of nitrogens with zero attached hydrogens (tertiary/aromatic N) is 4. The Bertz CT molecular complexity index is 1820. The lowest BCUT2D eigenvalue weighted by atomic mass is 10.2. The van der Waals surface area contributed by atoms with Gasteiger partial charge in [0.25, 0.3) is 10.0 Å². The van der Waals surface area contributed by atoms with Crippen molar-refractivity contribution in [1.29, 1.82) is 5.26 Å². The number of ether oxygens (including phenoxy) is 2. The summed E-state index contributed by atoms with van der Waals surface area (Å²) in [5, 5.41) is 15.2. The largest absolute Gasteiger partial charge is 0.454 e. The molecule has 1 amide bonds. The molecule has 0 bridgehead atoms. The van der Waals surface area contributed by atoms with Crippen LogP contribution in [0, 0.1) is 18.3 Å². The van der Waals surface area contributed by atoms with Crippen LogP contribution in [-0.4, -0.2) is 36.7 Å². The molecule has 4 aromatic rings. The number of hydrogen-bond acceptors (Lipinski definition) is 9. The Hall–Kier alpha value is -4.57. The Balaban J connectivity index is 1.62. The van der Waals surface area contributed by atoms with Crippen LogP contribution in [0.3, 0.4) is 0 Å². The number of anilines is 1. The van der Waals surface area contributed by atoms with Crippen LogP contribution in [0.4, 0.5) is 10.5 Å². The van der Waals surface area contributed by atoms with E-state index in [4.69, 9.17) is 33.7 Å². The molecule has 2 N–H and O–H groups in total. The summed E-state index contributed by atoms with van der Waals surface area (Å²) in [5.74, 6) is -0.867. The molecule has 0 spiro atoms. The molecule has 11 nitrogen and oxygen atoms in total. The van der Waals surface area contributed by atoms with Gasteiger partial charge in [-0.05, 0) is 62.4 Å². The summed E-state index contributed by atoms with van der Waals surface area (Å²) in [6.07, 6.45) is 0.0868. The van der Waals surface area contributed by atoms with Crippen LogP contribution in [0.25, 0.3) is 10.9 Å². The van der Waals surface area contributed by atoms with Gasteiger partial charge in [-0.25, -0.2) is 22.0 Å². The number of halogens is 2. The molecule has 0 aliphatic rings. The summed E-state index contributed by atoms with van der Waals surface area (Å²) in [4.78, 5) is 22.9. The molecule has 0 radical (unpaired) electrons. The van der Waals surface area contributed by atoms with Gasteiger partial charge in [0.1, 0.15) is 11.8 Å². The highest BCUT2D eigenvalue weighted by molar-refractivity contribution is 7.90. The summed E-state index contributed by atoms with van der Waals surface area (Å²) in [5.41, 5.74) is 5.81. The molecule has 3 aromatic carbocycles. The predicted octanol–water partition coefficient (Wildman–Crippen LogP) is 5.61. The molecule has 0 fully saturated rings. The number of hydrogen-bond donors (Lipinski definition) is 1. The number of primary amides is 1. The number of rotatable bonds is 8. The molecule has 0 unspecified atom stereocenters. The number of nitriles is 1. The maximum atomic E-state index is 13.2. The molecule has 1 heterocycles. The summed E-state index contributed by atoms with van der Waals surface area (Å²) in [6, 6.07) is 17.5. The van der Waals surface area contributed by atoms with Crippen molar-refractivity contribution in [3.8, 4) is 17.6 Å². The molecule has 0 aliphatic heterocycles. The van der Waals surface area contributed by atoms with E-state index in [0.29, 0.717) is 22.3 Å². The fourth-order valence-electron chi connectivity index (χ4n) is 3.78. The molecule has 210 valence electrons. The van der Waals surface area contributed by atoms with Crippen molar-refractivity contribution in [2.45, 2.75) is 18.7 Å². The summed E-state index contributed by atoms with van der Waals surface area (Å²) >= 11 is 12.9. The van der Waals surface area contributed by atoms with Gasteiger partial charge < -0.3 is 15.2 Å². The summed E-state index contributed by atoms with van der Waals surface area (Å²) in [7, 11) is -3.82. The lowest BCUT2D eigenvalue weighted by Crippen LogP contribution is -2.27. The van der Waals surface area contributed by atoms with Crippen LogP contribution in [-0.2, 0) is 19.6 Å². The number of fused-ring (bicyclic) bond motifs is 1. The van der Waals surface area contributed by atoms with E-state index in [-0.39, 0.29) is 27.2 Å². The van der Waals surface area contributed by atoms with Crippen molar-refractivity contribution in [1.82, 2.24) is 3.97 Å². The zero-order valence-corrected chi connectivity index (χ0v) is 23.9. The van der Waals surface area contributed by atoms with E-state index >= 15 is 0 Å². The average molecular weight is 614 g/mol. The minimum Gasteiger partial charge on any atom is -0.454 e. The fraction of sp³-hybridized carbons (Fsp3) is 0.111. The summed E-state index contributed by atoms with van der Waals surface area (Å²) < 4.78 is 37.7. The predicted molar refractivity (Wildman–Crippen MR) is 154 cm³/mol. The first kappa shape index (κ1) is 29.4. The van der Waals surface area contributed by atoms with Gasteiger partial charge in [0.05, 0.1) is 26.1 Å². The van der Waals surface area contributed by atoms with E-state index in [1.165, 1.54) is 27.3 Å². The normalized spacial score (nSPS) is 11.6. The molecule has 0 aliphatic carbocycles. The Kier molecular flexibility index (Phi) is 8.53. The number of hydrazone groups is 1. The number of nitrogens with two attached hydrogens (primary N) is 1. The second kappa shape index (κ2) is 11.9. The highest BCUT2D eigenvalue weighted by atomic mass is 35.5. The van der Waals surface area contributed by atoms with Gasteiger partial charge in [0.15, 0.2) is 5.75 Å². The number of carbonyl (C=O) groups is 2. The highest BCUT2D eigenvalue weighted by Crippen LogP contribution is 2.40. The number of amides is 1. The van der Waals surface area contributed by atoms with Gasteiger partial charge >= 0.3 is 12.1 Å². The van der Waals surface area contributed by atoms with E-state index in [2.05, 4.69) is 9.84 Å². The molecule has 1 aromatic heterocycles. The topological polar surface area (TPSA) is 157 Å². The number of esters is 1. The average Bonchev–Trinajstić information content (AvgIpc) is 3.35. The first-order chi connectivity index (χ1) is 19.4. The third-order valence-corrected chi connectivity index (χ3v) is 7.98. The van der Waals surface area contributed by atoms with Crippen LogP contribution in [0.2, 0.25) is 10.0 Å². The third-order valence-electron chi connectivity index (χ3n) is 5.72. The van der Waals surface area contributed by atoms with Gasteiger partial charge in [-0.3, -0.25) is 5.01 Å². The molecule has 0 atom stereocenters. The van der Waals surface area contributed by atoms with E-state index in [1.54, 1.807) is 61.5 Å². The SMILES string of the molecule is CCN(N=C(C#N)C(=O)OC(N)=O)c1cc(Cl)c(Oc2ccc3c(ccn3S(=O)(=O)c3ccc(C)cc3)c2)c(Cl)c1. The monoisotopic (exact) mass is 613 g/mol. The van der Waals surface area contributed by atoms with Gasteiger partial charge in [-0.2, -0.15) is 10.4 Å². The van der Waals surface area contributed by atoms with Crippen molar-refractivity contribution in [3.63, 3.8) is 0 Å². The quantitative estimate of drug-likeness (QED) is 0.116. The zero-order chi connectivity index (χ0) is 29.9. The van der Waals surface area contributed by atoms with Gasteiger partial charge in [-0.1, -0.05) is 40.9 Å². The molecule has 41 heavy (non-hydrogen) atoms. The van der Waals surface area contributed by atoms with Crippen LogP contribution in [0.1, 0.15) is 12.5 Å². The van der Waals surface area contributed by atoms with Gasteiger partial charge in [0, 0.05) is 18.1 Å². The lowest BCUT2D eigenvalue weighted by molar-refractivity contribution is -0.129. The second-order valence-electron chi connectivity index (χ2n) is 8.48. The lowest BCUT2D eigenvalue weighted by Gasteiger charge is -2.19. The third kappa shape index (κ3) is 6.28. The minimum atomic E-state index is -3.82. The molecule has 0 saturated carbocycles. The Morgan fingerprint density at radius 3 is 2.32 bits per heavy atom. The first-order valence-electron chi connectivity index (χ1n) is 11.8. The smallest absolute Gasteiger partial charge is 0.412 e. The van der Waals surface area contributed by atoms with Crippen LogP contribution < -0.4 is 15.5 Å². The fourth-order valence-corrected chi connectivity index (χ4v) is 5.69. The Morgan fingerprint density at radius 1 is 1.07 bits per heavy atom. The Labute approximate surface area is 244 Å². The van der Waals surface area contributed by atoms with Gasteiger partial charge in [0.2, 0.25) is 5.71 Å². The van der Waals surface area contributed by atoms with Crippen molar-refractivity contribution in [2.75, 3.05) is 11.6 Å². The van der Waals surface area contributed by atoms with Crippen molar-refractivity contribution >= 4 is 67.6 Å². The number of benzene rings is 3. The maximum absolute atomic E-state index is 13.2. The molecular formula is C27H21Cl2N5O6S. The van der Waals surface area contributed by atoms with Crippen molar-refractivity contribution in [2.24, 2.45) is 10.8 Å². The van der Waals surface area contributed by atoms with Crippen LogP contribution in [0.15, 0.2) is 76.9 Å². The molecule has 14 heteroatoms. The molecule has 4 rings (SSSR count). The maximum Gasteiger partial charge on any atom is 0.412 e. The van der Waals surface area contributed by atoms with E-state index in [1.807, 2.05) is 6.92 Å². The van der Waals surface area contributed by atoms with E-state index in [0.717, 1.165) is 5.56 Å². The molecule has 0 saturated heterocycles. The van der Waals surface area contributed by atoms with E-state index in [9.17, 15) is 23.3 Å². The van der Waals surface area contributed by atoms with Crippen molar-refractivity contribution in [3.05, 3.63) is 82.5 Å². The van der Waals surface area contributed by atoms with Crippen LogP contribution >= 0.6 is 23.2 Å². The number of aryl methyl sites for hydroxylation is 1. The highest BCUT2D eigenvalue weighted by Gasteiger charge is 2.21. The van der Waals surface area contributed by atoms with Crippen molar-refractivity contribution < 1.29 is 27.5 Å². The molecular weight excluding hydrogens is 593 g/mol. The standard InChI is InChI=1S/C27H21Cl2N5O6S/c1-3-33(32-23(15-30)26(35)40-27(31)36)18-13-21(28)25(22(29)14-18)39-19-6-9-24-17(12-19)10-11-34(24)41(37,38)20-7-4-16(2)5-8-20/h4-14H,3H2,1-2H3,(H2,31,36). The van der Waals surface area contributed by atoms with Crippen LogP contribution in [0.5, 0.6) is 11.5 Å². The zero-order valence-electron chi connectivity index (χ0n) is 21.5.